The number of rotatable bonds is 7. The van der Waals surface area contributed by atoms with Gasteiger partial charge in [-0.25, -0.2) is 0 Å². The van der Waals surface area contributed by atoms with E-state index in [-0.39, 0.29) is 11.7 Å². The summed E-state index contributed by atoms with van der Waals surface area (Å²) in [5.41, 5.74) is 1.39. The Morgan fingerprint density at radius 3 is 2.70 bits per heavy atom. The van der Waals surface area contributed by atoms with Gasteiger partial charge in [0.25, 0.3) is 5.69 Å². The standard InChI is InChI=1S/C18H21ClN4O3S/c1-22(2)17(12-5-4-6-14(9-12)26-3)11-20-18(27)21-16-10-13(23(24)25)7-8-15(16)19/h4-10,17H,11H2,1-3H3,(H2,20,21,27)/t17-/m1/s1. The molecule has 0 heterocycles. The molecule has 0 fully saturated rings. The minimum atomic E-state index is -0.483. The minimum Gasteiger partial charge on any atom is -0.497 e. The third kappa shape index (κ3) is 5.78. The van der Waals surface area contributed by atoms with Crippen molar-refractivity contribution in [1.82, 2.24) is 10.2 Å². The molecule has 1 atom stereocenters. The lowest BCUT2D eigenvalue weighted by Gasteiger charge is -2.26. The van der Waals surface area contributed by atoms with Crippen LogP contribution in [0.25, 0.3) is 0 Å². The van der Waals surface area contributed by atoms with Gasteiger partial charge in [-0.3, -0.25) is 10.1 Å². The average Bonchev–Trinajstić information content (AvgIpc) is 2.63. The van der Waals surface area contributed by atoms with Crippen LogP contribution in [-0.2, 0) is 0 Å². The molecule has 0 aromatic heterocycles. The number of non-ortho nitro benzene ring substituents is 1. The molecule has 0 unspecified atom stereocenters. The molecule has 0 spiro atoms. The lowest BCUT2D eigenvalue weighted by atomic mass is 10.1. The number of ether oxygens (including phenoxy) is 1. The first-order valence-electron chi connectivity index (χ1n) is 8.11. The molecule has 144 valence electrons. The minimum absolute atomic E-state index is 0.0421. The smallest absolute Gasteiger partial charge is 0.271 e. The predicted octanol–water partition coefficient (Wildman–Crippen LogP) is 3.85. The highest BCUT2D eigenvalue weighted by atomic mass is 35.5. The Morgan fingerprint density at radius 1 is 1.33 bits per heavy atom. The van der Waals surface area contributed by atoms with Gasteiger partial charge >= 0.3 is 0 Å². The van der Waals surface area contributed by atoms with Gasteiger partial charge in [-0.15, -0.1) is 0 Å². The number of likely N-dealkylation sites (N-methyl/N-ethyl adjacent to an activating group) is 1. The second-order valence-electron chi connectivity index (χ2n) is 6.01. The van der Waals surface area contributed by atoms with Crippen molar-refractivity contribution in [3.05, 3.63) is 63.2 Å². The van der Waals surface area contributed by atoms with Gasteiger partial charge in [-0.2, -0.15) is 0 Å². The van der Waals surface area contributed by atoms with E-state index in [0.29, 0.717) is 22.4 Å². The molecule has 0 bridgehead atoms. The van der Waals surface area contributed by atoms with Crippen molar-refractivity contribution in [3.63, 3.8) is 0 Å². The maximum Gasteiger partial charge on any atom is 0.271 e. The molecule has 0 saturated carbocycles. The number of hydrogen-bond donors (Lipinski definition) is 2. The summed E-state index contributed by atoms with van der Waals surface area (Å²) in [4.78, 5) is 12.5. The van der Waals surface area contributed by atoms with Crippen LogP contribution in [-0.4, -0.2) is 42.7 Å². The van der Waals surface area contributed by atoms with E-state index in [9.17, 15) is 10.1 Å². The molecular formula is C18H21ClN4O3S. The van der Waals surface area contributed by atoms with E-state index >= 15 is 0 Å². The van der Waals surface area contributed by atoms with Crippen LogP contribution in [0, 0.1) is 10.1 Å². The van der Waals surface area contributed by atoms with E-state index < -0.39 is 4.92 Å². The van der Waals surface area contributed by atoms with Crippen LogP contribution in [0.4, 0.5) is 11.4 Å². The molecule has 9 heteroatoms. The Hall–Kier alpha value is -2.42. The van der Waals surface area contributed by atoms with Crippen molar-refractivity contribution in [3.8, 4) is 5.75 Å². The maximum atomic E-state index is 10.9. The molecule has 2 aromatic rings. The third-order valence-electron chi connectivity index (χ3n) is 3.97. The lowest BCUT2D eigenvalue weighted by Crippen LogP contribution is -2.36. The zero-order chi connectivity index (χ0) is 20.0. The fourth-order valence-electron chi connectivity index (χ4n) is 2.53. The van der Waals surface area contributed by atoms with Crippen molar-refractivity contribution in [1.29, 1.82) is 0 Å². The molecule has 0 amide bonds. The van der Waals surface area contributed by atoms with Crippen LogP contribution in [0.1, 0.15) is 11.6 Å². The molecule has 0 aliphatic heterocycles. The highest BCUT2D eigenvalue weighted by Gasteiger charge is 2.16. The van der Waals surface area contributed by atoms with E-state index in [1.807, 2.05) is 38.4 Å². The average molecular weight is 409 g/mol. The Morgan fingerprint density at radius 2 is 2.07 bits per heavy atom. The first-order valence-corrected chi connectivity index (χ1v) is 8.89. The van der Waals surface area contributed by atoms with E-state index in [1.54, 1.807) is 7.11 Å². The number of nitro benzene ring substituents is 1. The van der Waals surface area contributed by atoms with E-state index in [0.717, 1.165) is 11.3 Å². The van der Waals surface area contributed by atoms with E-state index in [4.69, 9.17) is 28.6 Å². The highest BCUT2D eigenvalue weighted by Crippen LogP contribution is 2.27. The Labute approximate surface area is 168 Å². The lowest BCUT2D eigenvalue weighted by molar-refractivity contribution is -0.384. The fourth-order valence-corrected chi connectivity index (χ4v) is 2.88. The summed E-state index contributed by atoms with van der Waals surface area (Å²) in [6.45, 7) is 0.526. The van der Waals surface area contributed by atoms with Crippen LogP contribution in [0.2, 0.25) is 5.02 Å². The molecule has 2 aromatic carbocycles. The highest BCUT2D eigenvalue weighted by molar-refractivity contribution is 7.80. The zero-order valence-electron chi connectivity index (χ0n) is 15.2. The van der Waals surface area contributed by atoms with E-state index in [1.165, 1.54) is 18.2 Å². The summed E-state index contributed by atoms with van der Waals surface area (Å²) in [5.74, 6) is 0.781. The van der Waals surface area contributed by atoms with Crippen LogP contribution in [0.3, 0.4) is 0 Å². The number of hydrogen-bond acceptors (Lipinski definition) is 5. The molecule has 0 saturated heterocycles. The van der Waals surface area contributed by atoms with Gasteiger partial charge in [0.1, 0.15) is 5.75 Å². The number of methoxy groups -OCH3 is 1. The third-order valence-corrected chi connectivity index (χ3v) is 4.54. The second kappa shape index (κ2) is 9.50. The molecule has 0 aliphatic carbocycles. The van der Waals surface area contributed by atoms with Gasteiger partial charge in [0.2, 0.25) is 0 Å². The molecule has 7 nitrogen and oxygen atoms in total. The zero-order valence-corrected chi connectivity index (χ0v) is 16.8. The normalized spacial score (nSPS) is 11.7. The number of nitro groups is 1. The molecule has 2 N–H and O–H groups in total. The van der Waals surface area contributed by atoms with Gasteiger partial charge in [0, 0.05) is 18.7 Å². The largest absolute Gasteiger partial charge is 0.497 e. The van der Waals surface area contributed by atoms with Crippen LogP contribution in [0.15, 0.2) is 42.5 Å². The van der Waals surface area contributed by atoms with Crippen molar-refractivity contribution >= 4 is 40.3 Å². The number of nitrogens with one attached hydrogen (secondary N) is 2. The van der Waals surface area contributed by atoms with Crippen LogP contribution < -0.4 is 15.4 Å². The summed E-state index contributed by atoms with van der Waals surface area (Å²) < 4.78 is 5.29. The summed E-state index contributed by atoms with van der Waals surface area (Å²) in [6.07, 6.45) is 0. The van der Waals surface area contributed by atoms with Gasteiger partial charge < -0.3 is 20.3 Å². The number of benzene rings is 2. The maximum absolute atomic E-state index is 10.9. The van der Waals surface area contributed by atoms with Gasteiger partial charge in [-0.05, 0) is 50.1 Å². The number of thiocarbonyl (C=S) groups is 1. The van der Waals surface area contributed by atoms with Gasteiger partial charge in [0.05, 0.1) is 28.8 Å². The summed E-state index contributed by atoms with van der Waals surface area (Å²) in [6, 6.07) is 12.0. The Balaban J connectivity index is 2.06. The summed E-state index contributed by atoms with van der Waals surface area (Å²) in [5, 5.41) is 17.6. The first kappa shape index (κ1) is 20.9. The SMILES string of the molecule is COc1cccc([C@@H](CNC(=S)Nc2cc([N+](=O)[O-])ccc2Cl)N(C)C)c1. The van der Waals surface area contributed by atoms with Gasteiger partial charge in [0.15, 0.2) is 5.11 Å². The van der Waals surface area contributed by atoms with Crippen molar-refractivity contribution in [2.24, 2.45) is 0 Å². The number of halogens is 1. The van der Waals surface area contributed by atoms with E-state index in [2.05, 4.69) is 15.5 Å². The number of anilines is 1. The first-order chi connectivity index (χ1) is 12.8. The fraction of sp³-hybridized carbons (Fsp3) is 0.278. The summed E-state index contributed by atoms with van der Waals surface area (Å²) >= 11 is 11.4. The number of nitrogens with zero attached hydrogens (tertiary/aromatic N) is 2. The molecular weight excluding hydrogens is 388 g/mol. The van der Waals surface area contributed by atoms with Crippen molar-refractivity contribution < 1.29 is 9.66 Å². The Bertz CT molecular complexity index is 832. The molecule has 2 rings (SSSR count). The molecule has 27 heavy (non-hydrogen) atoms. The summed E-state index contributed by atoms with van der Waals surface area (Å²) in [7, 11) is 5.57. The quantitative estimate of drug-likeness (QED) is 0.409. The monoisotopic (exact) mass is 408 g/mol. The predicted molar refractivity (Wildman–Crippen MR) is 112 cm³/mol. The Kier molecular flexibility index (Phi) is 7.35. The van der Waals surface area contributed by atoms with Crippen molar-refractivity contribution in [2.75, 3.05) is 33.1 Å². The van der Waals surface area contributed by atoms with Crippen molar-refractivity contribution in [2.45, 2.75) is 6.04 Å². The van der Waals surface area contributed by atoms with Gasteiger partial charge in [-0.1, -0.05) is 23.7 Å². The second-order valence-corrected chi connectivity index (χ2v) is 6.83. The van der Waals surface area contributed by atoms with Crippen LogP contribution in [0.5, 0.6) is 5.75 Å². The van der Waals surface area contributed by atoms with Crippen LogP contribution >= 0.6 is 23.8 Å². The molecule has 0 aliphatic rings. The topological polar surface area (TPSA) is 79.7 Å². The molecule has 0 radical (unpaired) electrons.